The van der Waals surface area contributed by atoms with Gasteiger partial charge in [-0.3, -0.25) is 0 Å². The fourth-order valence-corrected chi connectivity index (χ4v) is 3.14. The Kier molecular flexibility index (Phi) is 5.17. The highest BCUT2D eigenvalue weighted by Crippen LogP contribution is 2.30. The summed E-state index contributed by atoms with van der Waals surface area (Å²) in [5.41, 5.74) is 6.75. The SMILES string of the molecule is CC(=NN)c1cn(Cc2ccccc2)c(-c2ccccc2)c1C(C)=NN. The summed E-state index contributed by atoms with van der Waals surface area (Å²) >= 11 is 0. The second-order valence-corrected chi connectivity index (χ2v) is 6.17. The molecular weight excluding hydrogens is 322 g/mol. The van der Waals surface area contributed by atoms with Crippen LogP contribution in [0.5, 0.6) is 0 Å². The van der Waals surface area contributed by atoms with Crippen LogP contribution in [0.4, 0.5) is 0 Å². The van der Waals surface area contributed by atoms with Crippen molar-refractivity contribution in [2.75, 3.05) is 0 Å². The third-order valence-electron chi connectivity index (χ3n) is 4.46. The van der Waals surface area contributed by atoms with Gasteiger partial charge in [0.1, 0.15) is 0 Å². The Morgan fingerprint density at radius 3 is 2.00 bits per heavy atom. The van der Waals surface area contributed by atoms with E-state index in [1.165, 1.54) is 5.56 Å². The Morgan fingerprint density at radius 1 is 0.846 bits per heavy atom. The summed E-state index contributed by atoms with van der Waals surface area (Å²) < 4.78 is 2.21. The lowest BCUT2D eigenvalue weighted by molar-refractivity contribution is 0.813. The lowest BCUT2D eigenvalue weighted by Crippen LogP contribution is -2.08. The molecule has 0 unspecified atom stereocenters. The van der Waals surface area contributed by atoms with Crippen LogP contribution in [0.15, 0.2) is 77.1 Å². The lowest BCUT2D eigenvalue weighted by atomic mass is 9.99. The molecule has 0 bridgehead atoms. The van der Waals surface area contributed by atoms with Crippen molar-refractivity contribution in [2.45, 2.75) is 20.4 Å². The van der Waals surface area contributed by atoms with Gasteiger partial charge in [-0.25, -0.2) is 0 Å². The van der Waals surface area contributed by atoms with Crippen molar-refractivity contribution in [3.63, 3.8) is 0 Å². The molecule has 0 aliphatic carbocycles. The van der Waals surface area contributed by atoms with Crippen LogP contribution >= 0.6 is 0 Å². The third kappa shape index (κ3) is 3.37. The first-order chi connectivity index (χ1) is 12.7. The Hall–Kier alpha value is -3.34. The summed E-state index contributed by atoms with van der Waals surface area (Å²) in [7, 11) is 0. The van der Waals surface area contributed by atoms with Gasteiger partial charge in [0, 0.05) is 23.9 Å². The van der Waals surface area contributed by atoms with E-state index in [-0.39, 0.29) is 0 Å². The van der Waals surface area contributed by atoms with Gasteiger partial charge in [-0.05, 0) is 25.0 Å². The number of hydrazone groups is 2. The lowest BCUT2D eigenvalue weighted by Gasteiger charge is -2.12. The van der Waals surface area contributed by atoms with E-state index in [0.29, 0.717) is 0 Å². The van der Waals surface area contributed by atoms with Gasteiger partial charge in [0.2, 0.25) is 0 Å². The van der Waals surface area contributed by atoms with E-state index < -0.39 is 0 Å². The van der Waals surface area contributed by atoms with Crippen LogP contribution in [-0.4, -0.2) is 16.0 Å². The van der Waals surface area contributed by atoms with Gasteiger partial charge in [0.05, 0.1) is 17.1 Å². The molecule has 4 N–H and O–H groups in total. The van der Waals surface area contributed by atoms with Crippen LogP contribution in [0.25, 0.3) is 11.3 Å². The largest absolute Gasteiger partial charge is 0.342 e. The number of nitrogens with two attached hydrogens (primary N) is 2. The number of rotatable bonds is 5. The van der Waals surface area contributed by atoms with E-state index in [9.17, 15) is 0 Å². The minimum absolute atomic E-state index is 0.730. The number of hydrogen-bond acceptors (Lipinski definition) is 4. The normalized spacial score (nSPS) is 12.4. The van der Waals surface area contributed by atoms with E-state index in [2.05, 4.69) is 45.2 Å². The minimum atomic E-state index is 0.730. The van der Waals surface area contributed by atoms with Crippen LogP contribution < -0.4 is 11.7 Å². The first kappa shape index (κ1) is 17.5. The van der Waals surface area contributed by atoms with E-state index in [1.54, 1.807) is 0 Å². The topological polar surface area (TPSA) is 81.7 Å². The predicted octanol–water partition coefficient (Wildman–Crippen LogP) is 3.57. The molecule has 26 heavy (non-hydrogen) atoms. The number of nitrogens with zero attached hydrogens (tertiary/aromatic N) is 3. The molecule has 3 rings (SSSR count). The van der Waals surface area contributed by atoms with Crippen LogP contribution in [0.1, 0.15) is 30.5 Å². The van der Waals surface area contributed by atoms with Crippen LogP contribution in [0.2, 0.25) is 0 Å². The Balaban J connectivity index is 2.27. The highest BCUT2D eigenvalue weighted by Gasteiger charge is 2.21. The second kappa shape index (κ2) is 7.70. The molecule has 5 heteroatoms. The zero-order valence-electron chi connectivity index (χ0n) is 15.1. The summed E-state index contributed by atoms with van der Waals surface area (Å²) in [6.07, 6.45) is 2.07. The van der Waals surface area contributed by atoms with Crippen molar-refractivity contribution >= 4 is 11.4 Å². The number of aromatic nitrogens is 1. The third-order valence-corrected chi connectivity index (χ3v) is 4.46. The highest BCUT2D eigenvalue weighted by molar-refractivity contribution is 6.14. The van der Waals surface area contributed by atoms with Crippen molar-refractivity contribution in [3.05, 3.63) is 83.6 Å². The van der Waals surface area contributed by atoms with Crippen molar-refractivity contribution in [2.24, 2.45) is 21.9 Å². The van der Waals surface area contributed by atoms with Gasteiger partial charge in [0.15, 0.2) is 0 Å². The number of hydrogen-bond donors (Lipinski definition) is 2. The maximum Gasteiger partial charge on any atom is 0.0670 e. The molecule has 0 amide bonds. The molecule has 1 aromatic heterocycles. The molecular formula is C21H23N5. The maximum atomic E-state index is 5.63. The van der Waals surface area contributed by atoms with E-state index >= 15 is 0 Å². The quantitative estimate of drug-likeness (QED) is 0.421. The molecule has 0 saturated heterocycles. The van der Waals surface area contributed by atoms with Gasteiger partial charge >= 0.3 is 0 Å². The minimum Gasteiger partial charge on any atom is -0.342 e. The second-order valence-electron chi connectivity index (χ2n) is 6.17. The van der Waals surface area contributed by atoms with Gasteiger partial charge in [0.25, 0.3) is 0 Å². The molecule has 0 saturated carbocycles. The molecule has 2 aromatic carbocycles. The average molecular weight is 345 g/mol. The van der Waals surface area contributed by atoms with E-state index in [4.69, 9.17) is 11.7 Å². The molecule has 0 spiro atoms. The summed E-state index contributed by atoms with van der Waals surface area (Å²) in [5.74, 6) is 11.2. The summed E-state index contributed by atoms with van der Waals surface area (Å²) in [5, 5.41) is 7.85. The summed E-state index contributed by atoms with van der Waals surface area (Å²) in [6.45, 7) is 4.53. The van der Waals surface area contributed by atoms with Crippen molar-refractivity contribution in [3.8, 4) is 11.3 Å². The molecule has 1 heterocycles. The fraction of sp³-hybridized carbons (Fsp3) is 0.143. The number of benzene rings is 2. The van der Waals surface area contributed by atoms with Gasteiger partial charge in [-0.1, -0.05) is 60.7 Å². The molecule has 0 radical (unpaired) electrons. The average Bonchev–Trinajstić information content (AvgIpc) is 3.07. The van der Waals surface area contributed by atoms with Gasteiger partial charge in [-0.2, -0.15) is 10.2 Å². The van der Waals surface area contributed by atoms with Crippen molar-refractivity contribution in [1.82, 2.24) is 4.57 Å². The van der Waals surface area contributed by atoms with Crippen LogP contribution in [0.3, 0.4) is 0 Å². The maximum absolute atomic E-state index is 5.63. The molecule has 3 aromatic rings. The van der Waals surface area contributed by atoms with E-state index in [0.717, 1.165) is 40.4 Å². The highest BCUT2D eigenvalue weighted by atomic mass is 15.1. The molecule has 0 aliphatic heterocycles. The molecule has 0 fully saturated rings. The zero-order valence-corrected chi connectivity index (χ0v) is 15.1. The Morgan fingerprint density at radius 2 is 1.42 bits per heavy atom. The van der Waals surface area contributed by atoms with Crippen LogP contribution in [-0.2, 0) is 6.54 Å². The van der Waals surface area contributed by atoms with E-state index in [1.807, 2.05) is 50.2 Å². The smallest absolute Gasteiger partial charge is 0.0670 e. The summed E-state index contributed by atoms with van der Waals surface area (Å²) in [6, 6.07) is 20.6. The zero-order chi connectivity index (χ0) is 18.5. The first-order valence-corrected chi connectivity index (χ1v) is 8.48. The van der Waals surface area contributed by atoms with Crippen molar-refractivity contribution in [1.29, 1.82) is 0 Å². The van der Waals surface area contributed by atoms with Gasteiger partial charge < -0.3 is 16.3 Å². The van der Waals surface area contributed by atoms with Crippen molar-refractivity contribution < 1.29 is 0 Å². The Bertz CT molecular complexity index is 937. The molecule has 0 atom stereocenters. The first-order valence-electron chi connectivity index (χ1n) is 8.48. The van der Waals surface area contributed by atoms with Gasteiger partial charge in [-0.15, -0.1) is 0 Å². The van der Waals surface area contributed by atoms with Crippen LogP contribution in [0, 0.1) is 0 Å². The standard InChI is InChI=1S/C21H23N5/c1-15(24-22)19-14-26(13-17-9-5-3-6-10-17)21(20(19)16(2)25-23)18-11-7-4-8-12-18/h3-12,14H,13,22-23H2,1-2H3. The summed E-state index contributed by atoms with van der Waals surface area (Å²) in [4.78, 5) is 0. The molecule has 5 nitrogen and oxygen atoms in total. The molecule has 0 aliphatic rings. The fourth-order valence-electron chi connectivity index (χ4n) is 3.14. The Labute approximate surface area is 153 Å². The predicted molar refractivity (Wildman–Crippen MR) is 108 cm³/mol. The molecule has 132 valence electrons. The monoisotopic (exact) mass is 345 g/mol.